The van der Waals surface area contributed by atoms with Crippen LogP contribution in [0.2, 0.25) is 0 Å². The Balaban J connectivity index is 0.000000892. The molecule has 0 heterocycles. The molecule has 160 valence electrons. The SMILES string of the molecule is CCCC.CCCC(CCC)C1(O)c2cc(OC)c([N+](=O)[O-])cc2CCC1C. The lowest BCUT2D eigenvalue weighted by Gasteiger charge is -2.45. The number of nitrogens with zero attached hydrogens (tertiary/aromatic N) is 1. The summed E-state index contributed by atoms with van der Waals surface area (Å²) in [6.45, 7) is 10.7. The second kappa shape index (κ2) is 11.4. The Morgan fingerprint density at radius 1 is 1.18 bits per heavy atom. The van der Waals surface area contributed by atoms with Crippen molar-refractivity contribution in [2.75, 3.05) is 7.11 Å². The first-order valence-electron chi connectivity index (χ1n) is 10.9. The fourth-order valence-corrected chi connectivity index (χ4v) is 4.26. The molecule has 1 aliphatic carbocycles. The predicted molar refractivity (Wildman–Crippen MR) is 115 cm³/mol. The van der Waals surface area contributed by atoms with Gasteiger partial charge in [0.15, 0.2) is 5.75 Å². The highest BCUT2D eigenvalue weighted by atomic mass is 16.6. The van der Waals surface area contributed by atoms with Crippen molar-refractivity contribution in [3.63, 3.8) is 0 Å². The van der Waals surface area contributed by atoms with Gasteiger partial charge < -0.3 is 9.84 Å². The molecular formula is C23H39NO4. The lowest BCUT2D eigenvalue weighted by atomic mass is 9.64. The van der Waals surface area contributed by atoms with E-state index in [1.54, 1.807) is 12.1 Å². The Kier molecular flexibility index (Phi) is 9.94. The van der Waals surface area contributed by atoms with E-state index in [2.05, 4.69) is 34.6 Å². The van der Waals surface area contributed by atoms with Crippen LogP contribution >= 0.6 is 0 Å². The second-order valence-corrected chi connectivity index (χ2v) is 7.98. The molecule has 0 fully saturated rings. The van der Waals surface area contributed by atoms with Gasteiger partial charge in [0.1, 0.15) is 0 Å². The first-order chi connectivity index (χ1) is 13.3. The number of aliphatic hydroxyl groups is 1. The van der Waals surface area contributed by atoms with E-state index in [1.165, 1.54) is 20.0 Å². The van der Waals surface area contributed by atoms with Crippen molar-refractivity contribution < 1.29 is 14.8 Å². The second-order valence-electron chi connectivity index (χ2n) is 7.98. The molecule has 0 radical (unpaired) electrons. The van der Waals surface area contributed by atoms with Gasteiger partial charge in [-0.25, -0.2) is 0 Å². The molecule has 2 rings (SSSR count). The van der Waals surface area contributed by atoms with Crippen molar-refractivity contribution in [3.8, 4) is 5.75 Å². The van der Waals surface area contributed by atoms with E-state index >= 15 is 0 Å². The lowest BCUT2D eigenvalue weighted by Crippen LogP contribution is -2.44. The highest BCUT2D eigenvalue weighted by Gasteiger charge is 2.46. The molecule has 0 amide bonds. The Labute approximate surface area is 170 Å². The Morgan fingerprint density at radius 2 is 1.75 bits per heavy atom. The highest BCUT2D eigenvalue weighted by molar-refractivity contribution is 5.54. The van der Waals surface area contributed by atoms with E-state index in [1.807, 2.05) is 0 Å². The maximum atomic E-state index is 11.7. The number of hydrogen-bond donors (Lipinski definition) is 1. The van der Waals surface area contributed by atoms with Crippen LogP contribution < -0.4 is 4.74 Å². The van der Waals surface area contributed by atoms with Crippen LogP contribution in [0.3, 0.4) is 0 Å². The number of aryl methyl sites for hydroxylation is 1. The molecule has 2 unspecified atom stereocenters. The summed E-state index contributed by atoms with van der Waals surface area (Å²) in [5.74, 6) is 0.519. The standard InChI is InChI=1S/C19H29NO4.C4H10/c1-5-7-15(8-6-2)19(21)13(3)9-10-14-11-17(20(22)23)18(24-4)12-16(14)19;1-3-4-2/h11-13,15,21H,5-10H2,1-4H3;3-4H2,1-2H3. The number of fused-ring (bicyclic) bond motifs is 1. The molecule has 1 aromatic carbocycles. The van der Waals surface area contributed by atoms with Crippen LogP contribution in [-0.4, -0.2) is 17.1 Å². The number of benzene rings is 1. The molecular weight excluding hydrogens is 354 g/mol. The van der Waals surface area contributed by atoms with Gasteiger partial charge in [-0.1, -0.05) is 60.3 Å². The van der Waals surface area contributed by atoms with Crippen molar-refractivity contribution in [2.24, 2.45) is 11.8 Å². The molecule has 0 spiro atoms. The molecule has 0 aromatic heterocycles. The van der Waals surface area contributed by atoms with E-state index in [4.69, 9.17) is 4.74 Å². The number of methoxy groups -OCH3 is 1. The summed E-state index contributed by atoms with van der Waals surface area (Å²) in [6.07, 6.45) is 8.17. The summed E-state index contributed by atoms with van der Waals surface area (Å²) in [6, 6.07) is 3.31. The third kappa shape index (κ3) is 5.25. The molecule has 0 saturated heterocycles. The number of rotatable bonds is 8. The van der Waals surface area contributed by atoms with Gasteiger partial charge in [-0.05, 0) is 54.7 Å². The quantitative estimate of drug-likeness (QED) is 0.410. The largest absolute Gasteiger partial charge is 0.490 e. The number of unbranched alkanes of at least 4 members (excludes halogenated alkanes) is 1. The zero-order chi connectivity index (χ0) is 21.3. The minimum Gasteiger partial charge on any atom is -0.490 e. The molecule has 0 aliphatic heterocycles. The Morgan fingerprint density at radius 3 is 2.18 bits per heavy atom. The maximum absolute atomic E-state index is 11.7. The highest BCUT2D eigenvalue weighted by Crippen LogP contribution is 2.50. The van der Waals surface area contributed by atoms with Gasteiger partial charge >= 0.3 is 5.69 Å². The van der Waals surface area contributed by atoms with Crippen LogP contribution in [0.25, 0.3) is 0 Å². The molecule has 1 aliphatic rings. The van der Waals surface area contributed by atoms with Crippen LogP contribution in [0, 0.1) is 22.0 Å². The van der Waals surface area contributed by atoms with Crippen molar-refractivity contribution >= 4 is 5.69 Å². The third-order valence-corrected chi connectivity index (χ3v) is 6.03. The van der Waals surface area contributed by atoms with E-state index in [-0.39, 0.29) is 23.3 Å². The fourth-order valence-electron chi connectivity index (χ4n) is 4.26. The first-order valence-corrected chi connectivity index (χ1v) is 10.9. The molecule has 5 nitrogen and oxygen atoms in total. The Bertz CT molecular complexity index is 623. The van der Waals surface area contributed by atoms with Gasteiger partial charge in [-0.2, -0.15) is 0 Å². The average molecular weight is 394 g/mol. The predicted octanol–water partition coefficient (Wildman–Crippen LogP) is 6.40. The van der Waals surface area contributed by atoms with Crippen LogP contribution in [0.4, 0.5) is 5.69 Å². The molecule has 1 aromatic rings. The van der Waals surface area contributed by atoms with Gasteiger partial charge in [0, 0.05) is 6.07 Å². The average Bonchev–Trinajstić information content (AvgIpc) is 2.69. The zero-order valence-corrected chi connectivity index (χ0v) is 18.6. The molecule has 5 heteroatoms. The number of nitro groups is 1. The van der Waals surface area contributed by atoms with Crippen LogP contribution in [0.1, 0.15) is 90.7 Å². The summed E-state index contributed by atoms with van der Waals surface area (Å²) < 4.78 is 5.25. The van der Waals surface area contributed by atoms with Crippen molar-refractivity contribution in [3.05, 3.63) is 33.4 Å². The van der Waals surface area contributed by atoms with E-state index in [0.717, 1.165) is 49.7 Å². The monoisotopic (exact) mass is 393 g/mol. The van der Waals surface area contributed by atoms with Gasteiger partial charge in [-0.3, -0.25) is 10.1 Å². The molecule has 0 bridgehead atoms. The van der Waals surface area contributed by atoms with Gasteiger partial charge in [0.25, 0.3) is 0 Å². The van der Waals surface area contributed by atoms with Crippen molar-refractivity contribution in [1.82, 2.24) is 0 Å². The van der Waals surface area contributed by atoms with E-state index < -0.39 is 10.5 Å². The normalized spacial score (nSPS) is 20.9. The van der Waals surface area contributed by atoms with E-state index in [0.29, 0.717) is 0 Å². The zero-order valence-electron chi connectivity index (χ0n) is 18.6. The molecule has 28 heavy (non-hydrogen) atoms. The van der Waals surface area contributed by atoms with E-state index in [9.17, 15) is 15.2 Å². The number of hydrogen-bond acceptors (Lipinski definition) is 4. The topological polar surface area (TPSA) is 72.6 Å². The minimum absolute atomic E-state index is 0.0179. The summed E-state index contributed by atoms with van der Waals surface area (Å²) in [5.41, 5.74) is 0.758. The Hall–Kier alpha value is -1.62. The minimum atomic E-state index is -0.942. The lowest BCUT2D eigenvalue weighted by molar-refractivity contribution is -0.385. The molecule has 1 N–H and O–H groups in total. The fraction of sp³-hybridized carbons (Fsp3) is 0.739. The third-order valence-electron chi connectivity index (χ3n) is 6.03. The van der Waals surface area contributed by atoms with Crippen LogP contribution in [0.5, 0.6) is 5.75 Å². The van der Waals surface area contributed by atoms with Crippen LogP contribution in [-0.2, 0) is 12.0 Å². The van der Waals surface area contributed by atoms with Gasteiger partial charge in [0.2, 0.25) is 0 Å². The number of nitro benzene ring substituents is 1. The van der Waals surface area contributed by atoms with Gasteiger partial charge in [0.05, 0.1) is 17.6 Å². The van der Waals surface area contributed by atoms with Crippen molar-refractivity contribution in [1.29, 1.82) is 0 Å². The first kappa shape index (κ1) is 24.4. The molecule has 0 saturated carbocycles. The molecule has 2 atom stereocenters. The van der Waals surface area contributed by atoms with Crippen LogP contribution in [0.15, 0.2) is 12.1 Å². The smallest absolute Gasteiger partial charge is 0.311 e. The van der Waals surface area contributed by atoms with Crippen molar-refractivity contribution in [2.45, 2.75) is 91.6 Å². The van der Waals surface area contributed by atoms with Gasteiger partial charge in [-0.15, -0.1) is 0 Å². The number of ether oxygens (including phenoxy) is 1. The summed E-state index contributed by atoms with van der Waals surface area (Å²) >= 11 is 0. The summed E-state index contributed by atoms with van der Waals surface area (Å²) in [7, 11) is 1.44. The maximum Gasteiger partial charge on any atom is 0.311 e. The summed E-state index contributed by atoms with van der Waals surface area (Å²) in [5, 5.41) is 23.0. The summed E-state index contributed by atoms with van der Waals surface area (Å²) in [4.78, 5) is 10.9.